The Bertz CT molecular complexity index is 3110. The molecule has 0 aliphatic heterocycles. The lowest BCUT2D eigenvalue weighted by molar-refractivity contribution is 0.445. The summed E-state index contributed by atoms with van der Waals surface area (Å²) in [5.41, 5.74) is 16.3. The first-order chi connectivity index (χ1) is 29.8. The Hall–Kier alpha value is -7.16. The van der Waals surface area contributed by atoms with Crippen molar-refractivity contribution in [2.75, 3.05) is 4.90 Å². The molecule has 2 heteroatoms. The second-order valence-corrected chi connectivity index (χ2v) is 16.3. The molecule has 0 unspecified atom stereocenters. The van der Waals surface area contributed by atoms with Crippen LogP contribution in [0.3, 0.4) is 0 Å². The molecule has 1 aromatic heterocycles. The topological polar surface area (TPSA) is 16.4 Å². The number of hydrogen-bond acceptors (Lipinski definition) is 2. The van der Waals surface area contributed by atoms with E-state index >= 15 is 0 Å². The van der Waals surface area contributed by atoms with Crippen molar-refractivity contribution in [3.63, 3.8) is 0 Å². The Morgan fingerprint density at radius 2 is 1.02 bits per heavy atom. The molecule has 1 aliphatic carbocycles. The van der Waals surface area contributed by atoms with Gasteiger partial charge in [0.15, 0.2) is 0 Å². The number of hydrogen-bond donors (Lipinski definition) is 0. The highest BCUT2D eigenvalue weighted by Gasteiger charge is 2.23. The molecule has 0 bridgehead atoms. The molecule has 0 N–H and O–H groups in total. The predicted octanol–water partition coefficient (Wildman–Crippen LogP) is 16.9. The summed E-state index contributed by atoms with van der Waals surface area (Å²) in [6.07, 6.45) is 6.47. The largest absolute Gasteiger partial charge is 0.456 e. The molecule has 60 heavy (non-hydrogen) atoms. The van der Waals surface area contributed by atoms with Gasteiger partial charge in [0.05, 0.1) is 5.69 Å². The van der Waals surface area contributed by atoms with Crippen molar-refractivity contribution in [2.24, 2.45) is 0 Å². The normalized spacial score (nSPS) is 13.3. The van der Waals surface area contributed by atoms with E-state index in [-0.39, 0.29) is 0 Å². The molecule has 1 aliphatic rings. The van der Waals surface area contributed by atoms with Crippen LogP contribution in [0.15, 0.2) is 211 Å². The van der Waals surface area contributed by atoms with Gasteiger partial charge in [-0.05, 0) is 123 Å². The fraction of sp³-hybridized carbons (Fsp3) is 0.103. The van der Waals surface area contributed by atoms with Crippen LogP contribution < -0.4 is 4.90 Å². The van der Waals surface area contributed by atoms with Gasteiger partial charge < -0.3 is 9.32 Å². The summed E-state index contributed by atoms with van der Waals surface area (Å²) >= 11 is 0. The molecule has 9 aromatic carbocycles. The highest BCUT2D eigenvalue weighted by atomic mass is 16.3. The second kappa shape index (κ2) is 15.5. The fourth-order valence-corrected chi connectivity index (χ4v) is 9.78. The first kappa shape index (κ1) is 36.0. The molecular weight excluding hydrogens is 727 g/mol. The van der Waals surface area contributed by atoms with E-state index < -0.39 is 0 Å². The number of rotatable bonds is 8. The maximum Gasteiger partial charge on any atom is 0.135 e. The number of furan rings is 1. The third-order valence-corrected chi connectivity index (χ3v) is 12.7. The smallest absolute Gasteiger partial charge is 0.135 e. The molecular formula is C58H45NO. The van der Waals surface area contributed by atoms with Gasteiger partial charge in [0.25, 0.3) is 0 Å². The first-order valence-corrected chi connectivity index (χ1v) is 21.4. The molecule has 288 valence electrons. The molecule has 1 saturated carbocycles. The monoisotopic (exact) mass is 771 g/mol. The molecule has 1 heterocycles. The Balaban J connectivity index is 1.07. The number of benzene rings is 9. The van der Waals surface area contributed by atoms with Gasteiger partial charge in [-0.3, -0.25) is 0 Å². The summed E-state index contributed by atoms with van der Waals surface area (Å²) in [7, 11) is 0. The van der Waals surface area contributed by atoms with Gasteiger partial charge in [-0.25, -0.2) is 0 Å². The van der Waals surface area contributed by atoms with Crippen molar-refractivity contribution in [2.45, 2.75) is 38.0 Å². The van der Waals surface area contributed by atoms with Crippen LogP contribution in [0.5, 0.6) is 0 Å². The molecule has 10 aromatic rings. The summed E-state index contributed by atoms with van der Waals surface area (Å²) in [4.78, 5) is 2.44. The Labute approximate surface area is 352 Å². The van der Waals surface area contributed by atoms with Gasteiger partial charge in [-0.1, -0.05) is 177 Å². The van der Waals surface area contributed by atoms with E-state index in [0.717, 1.165) is 39.0 Å². The van der Waals surface area contributed by atoms with Crippen LogP contribution in [0.4, 0.5) is 17.1 Å². The standard InChI is InChI=1S/C58H45NO/c1-4-16-41(17-5-1)48-36-32-45(38-53(48)43-20-8-3-9-21-43)40-30-33-46(34-31-40)59(47-35-37-57-54(39-47)51-25-11-13-29-56(51)60-57)55-28-12-10-24-50(55)52-27-15-23-44-22-14-26-49(58(44)52)42-18-6-2-7-19-42/h1,3-5,8-17,20-39,42H,2,6-7,18-19H2. The molecule has 2 nitrogen and oxygen atoms in total. The highest BCUT2D eigenvalue weighted by Crippen LogP contribution is 2.47. The van der Waals surface area contributed by atoms with Crippen LogP contribution in [-0.2, 0) is 0 Å². The first-order valence-electron chi connectivity index (χ1n) is 21.4. The second-order valence-electron chi connectivity index (χ2n) is 16.3. The minimum Gasteiger partial charge on any atom is -0.456 e. The maximum absolute atomic E-state index is 6.33. The summed E-state index contributed by atoms with van der Waals surface area (Å²) in [6, 6.07) is 75.2. The number of para-hydroxylation sites is 2. The highest BCUT2D eigenvalue weighted by molar-refractivity contribution is 6.08. The summed E-state index contributed by atoms with van der Waals surface area (Å²) in [5.74, 6) is 0.584. The Kier molecular flexibility index (Phi) is 9.32. The van der Waals surface area contributed by atoms with Crippen molar-refractivity contribution in [3.8, 4) is 44.5 Å². The molecule has 0 saturated heterocycles. The van der Waals surface area contributed by atoms with Gasteiger partial charge >= 0.3 is 0 Å². The Morgan fingerprint density at radius 3 is 1.82 bits per heavy atom. The van der Waals surface area contributed by atoms with Gasteiger partial charge in [-0.15, -0.1) is 0 Å². The lowest BCUT2D eigenvalue weighted by atomic mass is 9.80. The van der Waals surface area contributed by atoms with E-state index in [1.807, 2.05) is 6.07 Å². The summed E-state index contributed by atoms with van der Waals surface area (Å²) in [5, 5.41) is 4.93. The van der Waals surface area contributed by atoms with Crippen LogP contribution >= 0.6 is 0 Å². The third kappa shape index (κ3) is 6.55. The average Bonchev–Trinajstić information content (AvgIpc) is 3.70. The van der Waals surface area contributed by atoms with Gasteiger partial charge in [0.2, 0.25) is 0 Å². The zero-order valence-corrected chi connectivity index (χ0v) is 33.6. The lowest BCUT2D eigenvalue weighted by Crippen LogP contribution is -2.11. The van der Waals surface area contributed by atoms with Crippen LogP contribution in [0.2, 0.25) is 0 Å². The zero-order chi connectivity index (χ0) is 39.8. The summed E-state index contributed by atoms with van der Waals surface area (Å²) in [6.45, 7) is 0. The van der Waals surface area contributed by atoms with Crippen molar-refractivity contribution < 1.29 is 4.42 Å². The van der Waals surface area contributed by atoms with Crippen molar-refractivity contribution >= 4 is 49.8 Å². The van der Waals surface area contributed by atoms with Crippen LogP contribution in [0, 0.1) is 0 Å². The van der Waals surface area contributed by atoms with Crippen molar-refractivity contribution in [3.05, 3.63) is 212 Å². The summed E-state index contributed by atoms with van der Waals surface area (Å²) < 4.78 is 6.33. The molecule has 0 radical (unpaired) electrons. The minimum atomic E-state index is 0.584. The van der Waals surface area contributed by atoms with E-state index in [1.54, 1.807) is 0 Å². The van der Waals surface area contributed by atoms with Crippen LogP contribution in [-0.4, -0.2) is 0 Å². The fourth-order valence-electron chi connectivity index (χ4n) is 9.78. The van der Waals surface area contributed by atoms with E-state index in [2.05, 4.69) is 205 Å². The SMILES string of the molecule is c1ccc(-c2ccc(-c3ccc(N(c4ccc5oc6ccccc6c5c4)c4ccccc4-c4cccc5cccc(C6CCCCC6)c45)cc3)cc2-c2ccccc2)cc1. The third-order valence-electron chi connectivity index (χ3n) is 12.7. The average molecular weight is 772 g/mol. The molecule has 0 atom stereocenters. The van der Waals surface area contributed by atoms with E-state index in [1.165, 1.54) is 92.9 Å². The van der Waals surface area contributed by atoms with Crippen LogP contribution in [0.1, 0.15) is 43.6 Å². The van der Waals surface area contributed by atoms with Crippen molar-refractivity contribution in [1.29, 1.82) is 0 Å². The van der Waals surface area contributed by atoms with Crippen LogP contribution in [0.25, 0.3) is 77.2 Å². The quantitative estimate of drug-likeness (QED) is 0.153. The molecule has 11 rings (SSSR count). The maximum atomic E-state index is 6.33. The van der Waals surface area contributed by atoms with E-state index in [4.69, 9.17) is 4.42 Å². The van der Waals surface area contributed by atoms with E-state index in [9.17, 15) is 0 Å². The Morgan fingerprint density at radius 1 is 0.383 bits per heavy atom. The van der Waals surface area contributed by atoms with Crippen molar-refractivity contribution in [1.82, 2.24) is 0 Å². The minimum absolute atomic E-state index is 0.584. The zero-order valence-electron chi connectivity index (χ0n) is 33.6. The number of nitrogens with zero attached hydrogens (tertiary/aromatic N) is 1. The lowest BCUT2D eigenvalue weighted by Gasteiger charge is -2.29. The molecule has 0 amide bonds. The molecule has 0 spiro atoms. The number of fused-ring (bicyclic) bond motifs is 4. The number of anilines is 3. The van der Waals surface area contributed by atoms with Gasteiger partial charge in [0, 0.05) is 27.7 Å². The van der Waals surface area contributed by atoms with E-state index in [0.29, 0.717) is 5.92 Å². The van der Waals surface area contributed by atoms with Gasteiger partial charge in [-0.2, -0.15) is 0 Å². The van der Waals surface area contributed by atoms with Gasteiger partial charge in [0.1, 0.15) is 11.2 Å². The molecule has 1 fully saturated rings. The predicted molar refractivity (Wildman–Crippen MR) is 253 cm³/mol.